The molecule has 0 aliphatic carbocycles. The van der Waals surface area contributed by atoms with Crippen LogP contribution in [0.4, 0.5) is 4.39 Å². The van der Waals surface area contributed by atoms with Gasteiger partial charge in [0.05, 0.1) is 0 Å². The van der Waals surface area contributed by atoms with Crippen LogP contribution in [0.1, 0.15) is 33.0 Å². The van der Waals surface area contributed by atoms with E-state index in [4.69, 9.17) is 0 Å². The molecule has 0 unspecified atom stereocenters. The third-order valence-corrected chi connectivity index (χ3v) is 3.89. The largest absolute Gasteiger partial charge is 0.351 e. The lowest BCUT2D eigenvalue weighted by Crippen LogP contribution is -2.30. The Balaban J connectivity index is 1.83. The topological polar surface area (TPSA) is 74.3 Å². The van der Waals surface area contributed by atoms with Crippen LogP contribution >= 0.6 is 0 Å². The highest BCUT2D eigenvalue weighted by molar-refractivity contribution is 5.96. The van der Waals surface area contributed by atoms with Gasteiger partial charge in [-0.1, -0.05) is 18.2 Å². The van der Waals surface area contributed by atoms with Crippen molar-refractivity contribution >= 4 is 11.8 Å². The Morgan fingerprint density at radius 2 is 1.56 bits per heavy atom. The van der Waals surface area contributed by atoms with Gasteiger partial charge in [0.15, 0.2) is 0 Å². The molecule has 0 aliphatic rings. The summed E-state index contributed by atoms with van der Waals surface area (Å²) in [5.41, 5.74) is 1.33. The molecule has 0 saturated carbocycles. The summed E-state index contributed by atoms with van der Waals surface area (Å²) >= 11 is 0. The first-order valence-electron chi connectivity index (χ1n) is 8.88. The fourth-order valence-corrected chi connectivity index (χ4v) is 2.44. The van der Waals surface area contributed by atoms with Crippen molar-refractivity contribution in [2.75, 3.05) is 33.7 Å². The number of pyridine rings is 1. The first-order chi connectivity index (χ1) is 13.0. The van der Waals surface area contributed by atoms with Crippen molar-refractivity contribution in [3.63, 3.8) is 0 Å². The minimum absolute atomic E-state index is 0.190. The Hall–Kier alpha value is -2.80. The molecule has 6 nitrogen and oxygen atoms in total. The molecule has 2 aromatic rings. The van der Waals surface area contributed by atoms with E-state index in [2.05, 4.69) is 15.6 Å². The van der Waals surface area contributed by atoms with Gasteiger partial charge in [-0.05, 0) is 63.3 Å². The summed E-state index contributed by atoms with van der Waals surface area (Å²) in [7, 11) is 3.95. The van der Waals surface area contributed by atoms with Crippen LogP contribution < -0.4 is 10.6 Å². The predicted octanol–water partition coefficient (Wildman–Crippen LogP) is 1.87. The van der Waals surface area contributed by atoms with Crippen LogP contribution in [0.5, 0.6) is 0 Å². The van der Waals surface area contributed by atoms with Crippen molar-refractivity contribution in [1.82, 2.24) is 20.5 Å². The predicted molar refractivity (Wildman–Crippen MR) is 102 cm³/mol. The molecule has 2 rings (SSSR count). The van der Waals surface area contributed by atoms with Gasteiger partial charge in [-0.2, -0.15) is 0 Å². The van der Waals surface area contributed by atoms with Gasteiger partial charge in [-0.25, -0.2) is 9.37 Å². The molecule has 2 amide bonds. The van der Waals surface area contributed by atoms with Gasteiger partial charge in [0.1, 0.15) is 17.2 Å². The number of hydrogen-bond acceptors (Lipinski definition) is 4. The van der Waals surface area contributed by atoms with E-state index in [0.717, 1.165) is 18.5 Å². The van der Waals surface area contributed by atoms with Crippen LogP contribution in [-0.2, 0) is 6.42 Å². The lowest BCUT2D eigenvalue weighted by atomic mass is 10.1. The number of amides is 2. The summed E-state index contributed by atoms with van der Waals surface area (Å²) in [6, 6.07) is 10.9. The second-order valence-corrected chi connectivity index (χ2v) is 6.45. The minimum Gasteiger partial charge on any atom is -0.351 e. The standard InChI is InChI=1S/C20H25FN4O2/c1-25(2)14-4-12-22-19(26)17-5-3-6-18(24-17)20(27)23-13-11-15-7-9-16(21)10-8-15/h3,5-10H,4,11-14H2,1-2H3,(H,22,26)(H,23,27). The first kappa shape index (κ1) is 20.5. The molecule has 1 aromatic carbocycles. The van der Waals surface area contributed by atoms with E-state index in [0.29, 0.717) is 19.5 Å². The number of nitrogens with zero attached hydrogens (tertiary/aromatic N) is 2. The average Bonchev–Trinajstić information content (AvgIpc) is 2.66. The van der Waals surface area contributed by atoms with E-state index in [1.54, 1.807) is 30.3 Å². The highest BCUT2D eigenvalue weighted by Gasteiger charge is 2.12. The number of aromatic nitrogens is 1. The smallest absolute Gasteiger partial charge is 0.269 e. The van der Waals surface area contributed by atoms with Crippen molar-refractivity contribution in [2.24, 2.45) is 0 Å². The second kappa shape index (κ2) is 10.4. The number of rotatable bonds is 9. The number of halogens is 1. The van der Waals surface area contributed by atoms with E-state index in [1.807, 2.05) is 19.0 Å². The number of carbonyl (C=O) groups excluding carboxylic acids is 2. The van der Waals surface area contributed by atoms with Crippen molar-refractivity contribution < 1.29 is 14.0 Å². The normalized spacial score (nSPS) is 10.7. The molecule has 0 atom stereocenters. The number of benzene rings is 1. The van der Waals surface area contributed by atoms with Gasteiger partial charge in [0, 0.05) is 13.1 Å². The second-order valence-electron chi connectivity index (χ2n) is 6.45. The molecule has 0 saturated heterocycles. The fourth-order valence-electron chi connectivity index (χ4n) is 2.44. The zero-order valence-corrected chi connectivity index (χ0v) is 15.7. The van der Waals surface area contributed by atoms with E-state index in [-0.39, 0.29) is 29.0 Å². The molecule has 144 valence electrons. The Morgan fingerprint density at radius 1 is 0.963 bits per heavy atom. The van der Waals surface area contributed by atoms with E-state index in [9.17, 15) is 14.0 Å². The van der Waals surface area contributed by atoms with Crippen LogP contribution in [0, 0.1) is 5.82 Å². The molecule has 0 radical (unpaired) electrons. The van der Waals surface area contributed by atoms with E-state index >= 15 is 0 Å². The summed E-state index contributed by atoms with van der Waals surface area (Å²) in [4.78, 5) is 30.6. The molecule has 7 heteroatoms. The zero-order valence-electron chi connectivity index (χ0n) is 15.7. The molecule has 27 heavy (non-hydrogen) atoms. The lowest BCUT2D eigenvalue weighted by molar-refractivity contribution is 0.0944. The van der Waals surface area contributed by atoms with Gasteiger partial charge in [-0.3, -0.25) is 9.59 Å². The molecule has 0 aliphatic heterocycles. The average molecular weight is 372 g/mol. The van der Waals surface area contributed by atoms with Crippen molar-refractivity contribution in [3.05, 3.63) is 65.2 Å². The Bertz CT molecular complexity index is 763. The molecular formula is C20H25FN4O2. The molecule has 1 heterocycles. The van der Waals surface area contributed by atoms with Crippen LogP contribution in [0.3, 0.4) is 0 Å². The van der Waals surface area contributed by atoms with Gasteiger partial charge in [-0.15, -0.1) is 0 Å². The van der Waals surface area contributed by atoms with Crippen molar-refractivity contribution in [1.29, 1.82) is 0 Å². The molecule has 1 aromatic heterocycles. The molecular weight excluding hydrogens is 347 g/mol. The van der Waals surface area contributed by atoms with Crippen LogP contribution in [0.2, 0.25) is 0 Å². The summed E-state index contributed by atoms with van der Waals surface area (Å²) in [6.07, 6.45) is 1.42. The van der Waals surface area contributed by atoms with Crippen LogP contribution in [0.15, 0.2) is 42.5 Å². The highest BCUT2D eigenvalue weighted by atomic mass is 19.1. The fraction of sp³-hybridized carbons (Fsp3) is 0.350. The maximum atomic E-state index is 12.9. The third kappa shape index (κ3) is 7.15. The molecule has 2 N–H and O–H groups in total. The molecule has 0 spiro atoms. The quantitative estimate of drug-likeness (QED) is 0.659. The third-order valence-electron chi connectivity index (χ3n) is 3.89. The van der Waals surface area contributed by atoms with Crippen molar-refractivity contribution in [2.45, 2.75) is 12.8 Å². The number of nitrogens with one attached hydrogen (secondary N) is 2. The number of carbonyl (C=O) groups is 2. The first-order valence-corrected chi connectivity index (χ1v) is 8.88. The summed E-state index contributed by atoms with van der Waals surface area (Å²) in [6.45, 7) is 1.82. The highest BCUT2D eigenvalue weighted by Crippen LogP contribution is 2.04. The lowest BCUT2D eigenvalue weighted by Gasteiger charge is -2.10. The Labute approximate surface area is 158 Å². The summed E-state index contributed by atoms with van der Waals surface area (Å²) in [5, 5.41) is 5.56. The monoisotopic (exact) mass is 372 g/mol. The van der Waals surface area contributed by atoms with E-state index in [1.165, 1.54) is 12.1 Å². The SMILES string of the molecule is CN(C)CCCNC(=O)c1cccc(C(=O)NCCc2ccc(F)cc2)n1. The van der Waals surface area contributed by atoms with Gasteiger partial charge < -0.3 is 15.5 Å². The van der Waals surface area contributed by atoms with Gasteiger partial charge in [0.25, 0.3) is 11.8 Å². The Kier molecular flexibility index (Phi) is 7.88. The summed E-state index contributed by atoms with van der Waals surface area (Å²) in [5.74, 6) is -0.933. The van der Waals surface area contributed by atoms with Crippen LogP contribution in [-0.4, -0.2) is 55.4 Å². The van der Waals surface area contributed by atoms with Crippen LogP contribution in [0.25, 0.3) is 0 Å². The maximum Gasteiger partial charge on any atom is 0.269 e. The molecule has 0 bridgehead atoms. The maximum absolute atomic E-state index is 12.9. The number of hydrogen-bond donors (Lipinski definition) is 2. The molecule has 0 fully saturated rings. The Morgan fingerprint density at radius 3 is 2.15 bits per heavy atom. The van der Waals surface area contributed by atoms with E-state index < -0.39 is 0 Å². The zero-order chi connectivity index (χ0) is 19.6. The van der Waals surface area contributed by atoms with Crippen molar-refractivity contribution in [3.8, 4) is 0 Å². The van der Waals surface area contributed by atoms with Gasteiger partial charge in [0.2, 0.25) is 0 Å². The minimum atomic E-state index is -0.348. The summed E-state index contributed by atoms with van der Waals surface area (Å²) < 4.78 is 12.9. The van der Waals surface area contributed by atoms with Gasteiger partial charge >= 0.3 is 0 Å².